The molecule has 2 aromatic rings. The fraction of sp³-hybridized carbons (Fsp3) is 0.400. The van der Waals surface area contributed by atoms with Crippen LogP contribution in [-0.2, 0) is 10.2 Å². The van der Waals surface area contributed by atoms with Gasteiger partial charge in [-0.25, -0.2) is 0 Å². The number of carbonyl (C=O) groups is 1. The number of para-hydroxylation sites is 1. The van der Waals surface area contributed by atoms with Crippen molar-refractivity contribution in [1.29, 1.82) is 0 Å². The first kappa shape index (κ1) is 12.7. The van der Waals surface area contributed by atoms with Crippen LogP contribution in [-0.4, -0.2) is 11.1 Å². The SMILES string of the molecule is CC(C)CC(C)(C(=O)O)c1cc2ccccc2o1. The summed E-state index contributed by atoms with van der Waals surface area (Å²) in [4.78, 5) is 11.6. The van der Waals surface area contributed by atoms with Gasteiger partial charge in [-0.2, -0.15) is 0 Å². The molecule has 1 N–H and O–H groups in total. The molecule has 18 heavy (non-hydrogen) atoms. The Morgan fingerprint density at radius 1 is 1.39 bits per heavy atom. The summed E-state index contributed by atoms with van der Waals surface area (Å²) in [5.74, 6) is -0.0144. The molecule has 3 heteroatoms. The normalized spacial score (nSPS) is 14.9. The quantitative estimate of drug-likeness (QED) is 0.892. The molecule has 0 saturated carbocycles. The number of aliphatic carboxylic acids is 1. The van der Waals surface area contributed by atoms with E-state index in [0.717, 1.165) is 11.0 Å². The number of fused-ring (bicyclic) bond motifs is 1. The van der Waals surface area contributed by atoms with Crippen molar-refractivity contribution < 1.29 is 14.3 Å². The van der Waals surface area contributed by atoms with Gasteiger partial charge < -0.3 is 9.52 Å². The molecule has 0 saturated heterocycles. The van der Waals surface area contributed by atoms with Crippen LogP contribution in [0, 0.1) is 5.92 Å². The molecular weight excluding hydrogens is 228 g/mol. The lowest BCUT2D eigenvalue weighted by Gasteiger charge is -2.24. The van der Waals surface area contributed by atoms with Gasteiger partial charge in [0, 0.05) is 5.39 Å². The van der Waals surface area contributed by atoms with Crippen molar-refractivity contribution in [3.05, 3.63) is 36.1 Å². The van der Waals surface area contributed by atoms with Gasteiger partial charge in [-0.05, 0) is 31.4 Å². The minimum absolute atomic E-state index is 0.291. The van der Waals surface area contributed by atoms with Crippen molar-refractivity contribution in [1.82, 2.24) is 0 Å². The van der Waals surface area contributed by atoms with Crippen LogP contribution in [0.1, 0.15) is 33.0 Å². The maximum atomic E-state index is 11.6. The fourth-order valence-corrected chi connectivity index (χ4v) is 2.36. The van der Waals surface area contributed by atoms with E-state index in [-0.39, 0.29) is 0 Å². The topological polar surface area (TPSA) is 50.4 Å². The summed E-state index contributed by atoms with van der Waals surface area (Å²) in [6, 6.07) is 9.43. The van der Waals surface area contributed by atoms with Gasteiger partial charge in [-0.1, -0.05) is 32.0 Å². The highest BCUT2D eigenvalue weighted by atomic mass is 16.4. The maximum absolute atomic E-state index is 11.6. The van der Waals surface area contributed by atoms with Crippen molar-refractivity contribution in [2.75, 3.05) is 0 Å². The Morgan fingerprint density at radius 2 is 2.06 bits per heavy atom. The average Bonchev–Trinajstić information content (AvgIpc) is 2.71. The van der Waals surface area contributed by atoms with Crippen molar-refractivity contribution in [2.45, 2.75) is 32.6 Å². The summed E-state index contributed by atoms with van der Waals surface area (Å²) >= 11 is 0. The number of carboxylic acid groups (broad SMARTS) is 1. The van der Waals surface area contributed by atoms with E-state index in [1.807, 2.05) is 44.2 Å². The second-order valence-corrected chi connectivity index (χ2v) is 5.38. The number of hydrogen-bond donors (Lipinski definition) is 1. The van der Waals surface area contributed by atoms with Crippen LogP contribution in [0.5, 0.6) is 0 Å². The molecule has 0 aliphatic rings. The first-order chi connectivity index (χ1) is 8.43. The molecule has 3 nitrogen and oxygen atoms in total. The van der Waals surface area contributed by atoms with Gasteiger partial charge in [0.25, 0.3) is 0 Å². The Balaban J connectivity index is 2.51. The Hall–Kier alpha value is -1.77. The number of carboxylic acids is 1. The summed E-state index contributed by atoms with van der Waals surface area (Å²) in [6.07, 6.45) is 0.558. The number of hydrogen-bond acceptors (Lipinski definition) is 2. The first-order valence-corrected chi connectivity index (χ1v) is 6.16. The van der Waals surface area contributed by atoms with Crippen LogP contribution in [0.4, 0.5) is 0 Å². The van der Waals surface area contributed by atoms with Crippen LogP contribution < -0.4 is 0 Å². The molecule has 1 unspecified atom stereocenters. The monoisotopic (exact) mass is 246 g/mol. The standard InChI is InChI=1S/C15H18O3/c1-10(2)9-15(3,14(16)17)13-8-11-6-4-5-7-12(11)18-13/h4-8,10H,9H2,1-3H3,(H,16,17). The summed E-state index contributed by atoms with van der Waals surface area (Å²) in [5, 5.41) is 10.4. The molecule has 0 amide bonds. The van der Waals surface area contributed by atoms with Crippen molar-refractivity contribution in [2.24, 2.45) is 5.92 Å². The van der Waals surface area contributed by atoms with E-state index >= 15 is 0 Å². The molecule has 0 aliphatic carbocycles. The van der Waals surface area contributed by atoms with Crippen LogP contribution >= 0.6 is 0 Å². The van der Waals surface area contributed by atoms with Crippen molar-refractivity contribution in [3.63, 3.8) is 0 Å². The van der Waals surface area contributed by atoms with Gasteiger partial charge >= 0.3 is 5.97 Å². The molecule has 0 spiro atoms. The van der Waals surface area contributed by atoms with Gasteiger partial charge in [-0.3, -0.25) is 4.79 Å². The second-order valence-electron chi connectivity index (χ2n) is 5.38. The minimum Gasteiger partial charge on any atom is -0.480 e. The molecule has 1 atom stereocenters. The predicted octanol–water partition coefficient (Wildman–Crippen LogP) is 3.82. The third kappa shape index (κ3) is 2.13. The third-order valence-electron chi connectivity index (χ3n) is 3.26. The Labute approximate surface area is 106 Å². The molecule has 2 rings (SSSR count). The van der Waals surface area contributed by atoms with Crippen LogP contribution in [0.25, 0.3) is 11.0 Å². The highest BCUT2D eigenvalue weighted by Gasteiger charge is 2.39. The van der Waals surface area contributed by atoms with E-state index in [0.29, 0.717) is 18.1 Å². The lowest BCUT2D eigenvalue weighted by molar-refractivity contribution is -0.144. The zero-order chi connectivity index (χ0) is 13.3. The zero-order valence-electron chi connectivity index (χ0n) is 10.9. The smallest absolute Gasteiger partial charge is 0.317 e. The summed E-state index contributed by atoms with van der Waals surface area (Å²) in [6.45, 7) is 5.76. The van der Waals surface area contributed by atoms with Gasteiger partial charge in [0.15, 0.2) is 0 Å². The van der Waals surface area contributed by atoms with Crippen LogP contribution in [0.15, 0.2) is 34.7 Å². The molecule has 1 aromatic carbocycles. The summed E-state index contributed by atoms with van der Waals surface area (Å²) < 4.78 is 5.71. The van der Waals surface area contributed by atoms with Crippen LogP contribution in [0.2, 0.25) is 0 Å². The van der Waals surface area contributed by atoms with Crippen molar-refractivity contribution in [3.8, 4) is 0 Å². The van der Waals surface area contributed by atoms with E-state index in [1.54, 1.807) is 6.92 Å². The van der Waals surface area contributed by atoms with E-state index < -0.39 is 11.4 Å². The highest BCUT2D eigenvalue weighted by molar-refractivity contribution is 5.84. The largest absolute Gasteiger partial charge is 0.480 e. The van der Waals surface area contributed by atoms with E-state index in [4.69, 9.17) is 4.42 Å². The minimum atomic E-state index is -0.965. The molecule has 0 radical (unpaired) electrons. The zero-order valence-corrected chi connectivity index (χ0v) is 10.9. The maximum Gasteiger partial charge on any atom is 0.317 e. The Bertz CT molecular complexity index is 535. The summed E-state index contributed by atoms with van der Waals surface area (Å²) in [5.41, 5.74) is -0.226. The van der Waals surface area contributed by atoms with E-state index in [9.17, 15) is 9.90 Å². The summed E-state index contributed by atoms with van der Waals surface area (Å²) in [7, 11) is 0. The van der Waals surface area contributed by atoms with Gasteiger partial charge in [0.1, 0.15) is 16.8 Å². The predicted molar refractivity (Wildman–Crippen MR) is 70.7 cm³/mol. The Morgan fingerprint density at radius 3 is 2.61 bits per heavy atom. The van der Waals surface area contributed by atoms with Crippen molar-refractivity contribution >= 4 is 16.9 Å². The number of benzene rings is 1. The molecular formula is C15H18O3. The molecule has 0 fully saturated rings. The Kier molecular flexibility index (Phi) is 3.16. The number of furan rings is 1. The second kappa shape index (κ2) is 4.48. The molecule has 0 bridgehead atoms. The number of rotatable bonds is 4. The van der Waals surface area contributed by atoms with E-state index in [2.05, 4.69) is 0 Å². The molecule has 1 heterocycles. The molecule has 0 aliphatic heterocycles. The van der Waals surface area contributed by atoms with Gasteiger partial charge in [0.05, 0.1) is 0 Å². The first-order valence-electron chi connectivity index (χ1n) is 6.16. The van der Waals surface area contributed by atoms with Gasteiger partial charge in [0.2, 0.25) is 0 Å². The lowest BCUT2D eigenvalue weighted by Crippen LogP contribution is -2.33. The molecule has 1 aromatic heterocycles. The lowest BCUT2D eigenvalue weighted by atomic mass is 9.80. The average molecular weight is 246 g/mol. The van der Waals surface area contributed by atoms with E-state index in [1.165, 1.54) is 0 Å². The van der Waals surface area contributed by atoms with Gasteiger partial charge in [-0.15, -0.1) is 0 Å². The molecule has 96 valence electrons. The van der Waals surface area contributed by atoms with Crippen LogP contribution in [0.3, 0.4) is 0 Å². The third-order valence-corrected chi connectivity index (χ3v) is 3.26. The fourth-order valence-electron chi connectivity index (χ4n) is 2.36. The highest BCUT2D eigenvalue weighted by Crippen LogP contribution is 2.35.